The van der Waals surface area contributed by atoms with Gasteiger partial charge in [-0.2, -0.15) is 0 Å². The largest absolute Gasteiger partial charge is 0.486 e. The summed E-state index contributed by atoms with van der Waals surface area (Å²) in [5.74, 6) is -0.629. The first kappa shape index (κ1) is 20.1. The van der Waals surface area contributed by atoms with Crippen LogP contribution in [0.2, 0.25) is 0 Å². The van der Waals surface area contributed by atoms with E-state index in [0.717, 1.165) is 17.7 Å². The normalized spacial score (nSPS) is 15.2. The lowest BCUT2D eigenvalue weighted by atomic mass is 9.94. The van der Waals surface area contributed by atoms with Gasteiger partial charge in [0.25, 0.3) is 0 Å². The molecule has 0 aromatic heterocycles. The second-order valence-electron chi connectivity index (χ2n) is 7.10. The summed E-state index contributed by atoms with van der Waals surface area (Å²) in [5, 5.41) is 5.57. The highest BCUT2D eigenvalue weighted by Crippen LogP contribution is 2.34. The number of ether oxygens (including phenoxy) is 2. The number of halogens is 2. The molecule has 0 saturated heterocycles. The van der Waals surface area contributed by atoms with Crippen LogP contribution in [0.1, 0.15) is 32.4 Å². The molecule has 1 heterocycles. The van der Waals surface area contributed by atoms with Crippen LogP contribution < -0.4 is 20.1 Å². The topological polar surface area (TPSA) is 59.6 Å². The zero-order valence-electron chi connectivity index (χ0n) is 16.1. The van der Waals surface area contributed by atoms with Gasteiger partial charge in [-0.3, -0.25) is 10.1 Å². The predicted molar refractivity (Wildman–Crippen MR) is 103 cm³/mol. The number of hydrogen-bond donors (Lipinski definition) is 2. The van der Waals surface area contributed by atoms with Crippen LogP contribution in [0.25, 0.3) is 0 Å². The van der Waals surface area contributed by atoms with Crippen molar-refractivity contribution in [3.05, 3.63) is 53.6 Å². The van der Waals surface area contributed by atoms with E-state index >= 15 is 0 Å². The lowest BCUT2D eigenvalue weighted by molar-refractivity contribution is -0.118. The van der Waals surface area contributed by atoms with Gasteiger partial charge in [-0.15, -0.1) is 0 Å². The van der Waals surface area contributed by atoms with Gasteiger partial charge in [0.1, 0.15) is 30.5 Å². The Balaban J connectivity index is 1.74. The minimum atomic E-state index is -0.812. The molecule has 0 radical (unpaired) electrons. The van der Waals surface area contributed by atoms with Crippen molar-refractivity contribution >= 4 is 11.6 Å². The van der Waals surface area contributed by atoms with E-state index in [-0.39, 0.29) is 12.0 Å². The maximum absolute atomic E-state index is 13.8. The number of anilines is 1. The molecule has 0 spiro atoms. The first-order valence-electron chi connectivity index (χ1n) is 9.27. The zero-order valence-corrected chi connectivity index (χ0v) is 16.1. The molecule has 7 heteroatoms. The molecule has 1 aliphatic heterocycles. The standard InChI is InChI=1S/C21H24F2N2O3/c1-12(2)19(14-7-8-17-18(11-14)28-10-9-27-17)24-13(3)21(26)25-20-15(22)5-4-6-16(20)23/h4-8,11-13,19,24H,9-10H2,1-3H3,(H,25,26). The zero-order chi connectivity index (χ0) is 20.3. The maximum atomic E-state index is 13.8. The smallest absolute Gasteiger partial charge is 0.241 e. The molecule has 0 bridgehead atoms. The molecule has 0 aliphatic carbocycles. The Labute approximate surface area is 163 Å². The van der Waals surface area contributed by atoms with Crippen LogP contribution in [-0.4, -0.2) is 25.2 Å². The predicted octanol–water partition coefficient (Wildman–Crippen LogP) is 4.05. The highest BCUT2D eigenvalue weighted by molar-refractivity contribution is 5.94. The number of carbonyl (C=O) groups excluding carboxylic acids is 1. The van der Waals surface area contributed by atoms with Crippen LogP contribution in [-0.2, 0) is 4.79 Å². The van der Waals surface area contributed by atoms with Crippen LogP contribution in [0.4, 0.5) is 14.5 Å². The van der Waals surface area contributed by atoms with Gasteiger partial charge in [0.15, 0.2) is 11.5 Å². The van der Waals surface area contributed by atoms with E-state index in [9.17, 15) is 13.6 Å². The minimum absolute atomic E-state index is 0.156. The molecule has 0 fully saturated rings. The minimum Gasteiger partial charge on any atom is -0.486 e. The van der Waals surface area contributed by atoms with Crippen LogP contribution in [0, 0.1) is 17.6 Å². The third-order valence-electron chi connectivity index (χ3n) is 4.63. The number of hydrogen-bond acceptors (Lipinski definition) is 4. The van der Waals surface area contributed by atoms with Gasteiger partial charge in [0, 0.05) is 6.04 Å². The van der Waals surface area contributed by atoms with E-state index in [1.165, 1.54) is 6.07 Å². The van der Waals surface area contributed by atoms with E-state index < -0.39 is 29.3 Å². The van der Waals surface area contributed by atoms with Crippen molar-refractivity contribution in [3.63, 3.8) is 0 Å². The summed E-state index contributed by atoms with van der Waals surface area (Å²) in [6, 6.07) is 8.27. The van der Waals surface area contributed by atoms with E-state index in [0.29, 0.717) is 24.7 Å². The number of benzene rings is 2. The summed E-state index contributed by atoms with van der Waals surface area (Å²) in [5.41, 5.74) is 0.498. The molecule has 2 aromatic rings. The van der Waals surface area contributed by atoms with Crippen molar-refractivity contribution in [1.29, 1.82) is 0 Å². The molecular weight excluding hydrogens is 366 g/mol. The Morgan fingerprint density at radius 1 is 1.00 bits per heavy atom. The van der Waals surface area contributed by atoms with Gasteiger partial charge < -0.3 is 14.8 Å². The van der Waals surface area contributed by atoms with Crippen LogP contribution in [0.5, 0.6) is 11.5 Å². The van der Waals surface area contributed by atoms with Crippen molar-refractivity contribution in [2.45, 2.75) is 32.9 Å². The van der Waals surface area contributed by atoms with Gasteiger partial charge in [-0.25, -0.2) is 8.78 Å². The SMILES string of the molecule is CC(NC(c1ccc2c(c1)OCCO2)C(C)C)C(=O)Nc1c(F)cccc1F. The van der Waals surface area contributed by atoms with Crippen LogP contribution in [0.15, 0.2) is 36.4 Å². The van der Waals surface area contributed by atoms with Crippen molar-refractivity contribution in [1.82, 2.24) is 5.32 Å². The van der Waals surface area contributed by atoms with Crippen molar-refractivity contribution in [2.75, 3.05) is 18.5 Å². The second-order valence-corrected chi connectivity index (χ2v) is 7.10. The molecule has 0 saturated carbocycles. The molecule has 28 heavy (non-hydrogen) atoms. The number of para-hydroxylation sites is 1. The number of rotatable bonds is 6. The molecule has 2 atom stereocenters. The number of fused-ring (bicyclic) bond motifs is 1. The molecule has 150 valence electrons. The first-order valence-corrected chi connectivity index (χ1v) is 9.27. The van der Waals surface area contributed by atoms with Gasteiger partial charge in [0.2, 0.25) is 5.91 Å². The van der Waals surface area contributed by atoms with Crippen molar-refractivity contribution in [2.24, 2.45) is 5.92 Å². The quantitative estimate of drug-likeness (QED) is 0.781. The highest BCUT2D eigenvalue weighted by atomic mass is 19.1. The Bertz CT molecular complexity index is 837. The third-order valence-corrected chi connectivity index (χ3v) is 4.63. The molecular formula is C21H24F2N2O3. The molecule has 2 unspecified atom stereocenters. The number of carbonyl (C=O) groups is 1. The summed E-state index contributed by atoms with van der Waals surface area (Å²) in [4.78, 5) is 12.5. The Hall–Kier alpha value is -2.67. The monoisotopic (exact) mass is 390 g/mol. The summed E-state index contributed by atoms with van der Waals surface area (Å²) >= 11 is 0. The second kappa shape index (κ2) is 8.56. The molecule has 2 aromatic carbocycles. The third kappa shape index (κ3) is 4.42. The molecule has 2 N–H and O–H groups in total. The Morgan fingerprint density at radius 3 is 2.29 bits per heavy atom. The highest BCUT2D eigenvalue weighted by Gasteiger charge is 2.24. The van der Waals surface area contributed by atoms with E-state index in [1.807, 2.05) is 32.0 Å². The Kier molecular flexibility index (Phi) is 6.14. The van der Waals surface area contributed by atoms with Gasteiger partial charge >= 0.3 is 0 Å². The molecule has 1 amide bonds. The van der Waals surface area contributed by atoms with Crippen LogP contribution in [0.3, 0.4) is 0 Å². The number of nitrogens with one attached hydrogen (secondary N) is 2. The summed E-state index contributed by atoms with van der Waals surface area (Å²) in [6.07, 6.45) is 0. The molecule has 1 aliphatic rings. The fourth-order valence-electron chi connectivity index (χ4n) is 3.12. The average Bonchev–Trinajstić information content (AvgIpc) is 2.68. The van der Waals surface area contributed by atoms with Crippen LogP contribution >= 0.6 is 0 Å². The summed E-state index contributed by atoms with van der Waals surface area (Å²) in [7, 11) is 0. The average molecular weight is 390 g/mol. The van der Waals surface area contributed by atoms with Crippen molar-refractivity contribution < 1.29 is 23.0 Å². The Morgan fingerprint density at radius 2 is 1.64 bits per heavy atom. The first-order chi connectivity index (χ1) is 13.4. The summed E-state index contributed by atoms with van der Waals surface area (Å²) < 4.78 is 38.8. The lowest BCUT2D eigenvalue weighted by Gasteiger charge is -2.28. The van der Waals surface area contributed by atoms with E-state index in [1.54, 1.807) is 6.92 Å². The van der Waals surface area contributed by atoms with E-state index in [4.69, 9.17) is 9.47 Å². The molecule has 3 rings (SSSR count). The number of amides is 1. The van der Waals surface area contributed by atoms with Gasteiger partial charge in [-0.1, -0.05) is 26.0 Å². The van der Waals surface area contributed by atoms with Gasteiger partial charge in [-0.05, 0) is 42.7 Å². The van der Waals surface area contributed by atoms with Gasteiger partial charge in [0.05, 0.1) is 6.04 Å². The fraction of sp³-hybridized carbons (Fsp3) is 0.381. The lowest BCUT2D eigenvalue weighted by Crippen LogP contribution is -2.42. The fourth-order valence-corrected chi connectivity index (χ4v) is 3.12. The van der Waals surface area contributed by atoms with E-state index in [2.05, 4.69) is 10.6 Å². The molecule has 5 nitrogen and oxygen atoms in total. The maximum Gasteiger partial charge on any atom is 0.241 e. The summed E-state index contributed by atoms with van der Waals surface area (Å²) in [6.45, 7) is 6.71. The van der Waals surface area contributed by atoms with Crippen molar-refractivity contribution in [3.8, 4) is 11.5 Å².